The Balaban J connectivity index is 1.82. The molecule has 0 spiro atoms. The van der Waals surface area contributed by atoms with Crippen molar-refractivity contribution in [1.82, 2.24) is 4.90 Å². The lowest BCUT2D eigenvalue weighted by Crippen LogP contribution is -2.28. The Morgan fingerprint density at radius 1 is 1.14 bits per heavy atom. The molecule has 2 aliphatic rings. The number of hydrogen-bond donors (Lipinski definition) is 2. The third kappa shape index (κ3) is 1.86. The van der Waals surface area contributed by atoms with Gasteiger partial charge in [-0.1, -0.05) is 12.1 Å². The summed E-state index contributed by atoms with van der Waals surface area (Å²) in [5.41, 5.74) is -0.370. The summed E-state index contributed by atoms with van der Waals surface area (Å²) in [4.78, 5) is 24.8. The number of carboxylic acid groups (broad SMARTS) is 2. The highest BCUT2D eigenvalue weighted by atomic mass is 19.1. The van der Waals surface area contributed by atoms with Crippen molar-refractivity contribution in [3.05, 3.63) is 34.6 Å². The molecule has 2 N–H and O–H groups in total. The summed E-state index contributed by atoms with van der Waals surface area (Å²) in [5, 5.41) is 18.8. The fraction of sp³-hybridized carbons (Fsp3) is 0.500. The summed E-state index contributed by atoms with van der Waals surface area (Å²) in [5.74, 6) is -2.32. The van der Waals surface area contributed by atoms with Crippen LogP contribution in [0.4, 0.5) is 4.39 Å². The molecule has 118 valence electrons. The van der Waals surface area contributed by atoms with Crippen molar-refractivity contribution < 1.29 is 24.2 Å². The molecule has 1 aliphatic heterocycles. The van der Waals surface area contributed by atoms with E-state index in [1.54, 1.807) is 26.0 Å². The minimum atomic E-state index is -1.16. The number of aliphatic carboxylic acids is 2. The Morgan fingerprint density at radius 3 is 2.00 bits per heavy atom. The third-order valence-corrected chi connectivity index (χ3v) is 5.10. The first-order valence-electron chi connectivity index (χ1n) is 7.17. The van der Waals surface area contributed by atoms with Gasteiger partial charge in [-0.2, -0.15) is 0 Å². The molecule has 22 heavy (non-hydrogen) atoms. The van der Waals surface area contributed by atoms with Crippen molar-refractivity contribution in [2.45, 2.75) is 26.8 Å². The number of likely N-dealkylation sites (tertiary alicyclic amines) is 1. The minimum Gasteiger partial charge on any atom is -0.481 e. The van der Waals surface area contributed by atoms with E-state index in [4.69, 9.17) is 0 Å². The van der Waals surface area contributed by atoms with Crippen LogP contribution < -0.4 is 0 Å². The Hall–Kier alpha value is -1.95. The molecule has 2 fully saturated rings. The fourth-order valence-electron chi connectivity index (χ4n) is 3.90. The smallest absolute Gasteiger partial charge is 0.312 e. The molecule has 1 saturated heterocycles. The zero-order valence-electron chi connectivity index (χ0n) is 12.5. The number of benzene rings is 1. The van der Waals surface area contributed by atoms with E-state index in [9.17, 15) is 24.2 Å². The molecule has 0 aromatic heterocycles. The number of carboxylic acids is 2. The summed E-state index contributed by atoms with van der Waals surface area (Å²) < 4.78 is 13.7. The van der Waals surface area contributed by atoms with E-state index in [0.29, 0.717) is 17.7 Å². The first-order valence-corrected chi connectivity index (χ1v) is 7.17. The van der Waals surface area contributed by atoms with Crippen LogP contribution >= 0.6 is 0 Å². The molecule has 2 atom stereocenters. The van der Waals surface area contributed by atoms with Gasteiger partial charge in [-0.05, 0) is 37.0 Å². The molecule has 1 heterocycles. The first kappa shape index (κ1) is 15.0. The number of nitrogens with zero attached hydrogens (tertiary/aromatic N) is 1. The van der Waals surface area contributed by atoms with Crippen LogP contribution in [0.1, 0.15) is 23.1 Å². The average molecular weight is 307 g/mol. The van der Waals surface area contributed by atoms with E-state index in [0.717, 1.165) is 5.56 Å². The van der Waals surface area contributed by atoms with Crippen molar-refractivity contribution in [1.29, 1.82) is 0 Å². The maximum absolute atomic E-state index is 13.7. The highest BCUT2D eigenvalue weighted by molar-refractivity contribution is 5.94. The highest BCUT2D eigenvalue weighted by Gasteiger charge is 2.80. The molecule has 6 heteroatoms. The lowest BCUT2D eigenvalue weighted by Gasteiger charge is -2.20. The largest absolute Gasteiger partial charge is 0.481 e. The van der Waals surface area contributed by atoms with Crippen LogP contribution in [0.25, 0.3) is 0 Å². The third-order valence-electron chi connectivity index (χ3n) is 5.10. The second-order valence-corrected chi connectivity index (χ2v) is 6.64. The molecular weight excluding hydrogens is 289 g/mol. The van der Waals surface area contributed by atoms with Crippen molar-refractivity contribution >= 4 is 11.9 Å². The second kappa shape index (κ2) is 4.52. The van der Waals surface area contributed by atoms with Gasteiger partial charge in [0.2, 0.25) is 0 Å². The summed E-state index contributed by atoms with van der Waals surface area (Å²) >= 11 is 0. The van der Waals surface area contributed by atoms with E-state index < -0.39 is 22.8 Å². The predicted octanol–water partition coefficient (Wildman–Crippen LogP) is 1.80. The van der Waals surface area contributed by atoms with E-state index in [1.165, 1.54) is 0 Å². The number of halogens is 1. The molecule has 0 amide bonds. The van der Waals surface area contributed by atoms with Crippen LogP contribution in [-0.4, -0.2) is 40.1 Å². The molecule has 0 radical (unpaired) electrons. The van der Waals surface area contributed by atoms with Gasteiger partial charge in [-0.3, -0.25) is 14.5 Å². The van der Waals surface area contributed by atoms with Crippen molar-refractivity contribution in [2.75, 3.05) is 13.1 Å². The molecule has 1 aromatic carbocycles. The van der Waals surface area contributed by atoms with Gasteiger partial charge in [-0.25, -0.2) is 4.39 Å². The van der Waals surface area contributed by atoms with Gasteiger partial charge in [0.05, 0.1) is 10.8 Å². The quantitative estimate of drug-likeness (QED) is 0.887. The van der Waals surface area contributed by atoms with Crippen molar-refractivity contribution in [3.63, 3.8) is 0 Å². The van der Waals surface area contributed by atoms with E-state index in [2.05, 4.69) is 0 Å². The Labute approximate surface area is 127 Å². The Kier molecular flexibility index (Phi) is 3.08. The number of hydrogen-bond acceptors (Lipinski definition) is 3. The van der Waals surface area contributed by atoms with Gasteiger partial charge in [0.15, 0.2) is 0 Å². The van der Waals surface area contributed by atoms with Gasteiger partial charge in [-0.15, -0.1) is 0 Å². The van der Waals surface area contributed by atoms with Gasteiger partial charge in [0.1, 0.15) is 5.82 Å². The lowest BCUT2D eigenvalue weighted by molar-refractivity contribution is -0.151. The number of aryl methyl sites for hydroxylation is 2. The molecular formula is C16H18FNO4. The van der Waals surface area contributed by atoms with Crippen molar-refractivity contribution in [2.24, 2.45) is 10.8 Å². The average Bonchev–Trinajstić information content (AvgIpc) is 2.96. The van der Waals surface area contributed by atoms with E-state index >= 15 is 0 Å². The second-order valence-electron chi connectivity index (χ2n) is 6.64. The van der Waals surface area contributed by atoms with Gasteiger partial charge in [0, 0.05) is 19.6 Å². The SMILES string of the molecule is Cc1cc(CN2C[C@@]3(C(=O)O)C[C@@]3(C(=O)O)C2)cc(C)c1F. The Morgan fingerprint density at radius 2 is 1.59 bits per heavy atom. The number of rotatable bonds is 4. The fourth-order valence-corrected chi connectivity index (χ4v) is 3.90. The molecule has 0 unspecified atom stereocenters. The Bertz CT molecular complexity index is 638. The monoisotopic (exact) mass is 307 g/mol. The van der Waals surface area contributed by atoms with Gasteiger partial charge >= 0.3 is 11.9 Å². The normalized spacial score (nSPS) is 30.1. The van der Waals surface area contributed by atoms with Crippen LogP contribution in [0.2, 0.25) is 0 Å². The molecule has 3 rings (SSSR count). The summed E-state index contributed by atoms with van der Waals surface area (Å²) in [6.45, 7) is 4.26. The van der Waals surface area contributed by atoms with Crippen LogP contribution in [0.15, 0.2) is 12.1 Å². The zero-order valence-corrected chi connectivity index (χ0v) is 12.5. The van der Waals surface area contributed by atoms with Crippen molar-refractivity contribution in [3.8, 4) is 0 Å². The van der Waals surface area contributed by atoms with Crippen LogP contribution in [0, 0.1) is 30.5 Å². The number of carbonyl (C=O) groups is 2. The first-order chi connectivity index (χ1) is 10.2. The summed E-state index contributed by atoms with van der Waals surface area (Å²) in [6, 6.07) is 3.46. The minimum absolute atomic E-state index is 0.197. The molecule has 1 saturated carbocycles. The standard InChI is InChI=1S/C16H18FNO4/c1-9-3-11(4-10(2)12(9)17)5-18-7-15(13(19)20)6-16(15,8-18)14(21)22/h3-4H,5-8H2,1-2H3,(H,19,20)(H,21,22)/t15-,16+. The summed E-state index contributed by atoms with van der Waals surface area (Å²) in [6.07, 6.45) is 0.197. The number of piperidine rings is 1. The van der Waals surface area contributed by atoms with Crippen LogP contribution in [0.3, 0.4) is 0 Å². The molecule has 1 aromatic rings. The van der Waals surface area contributed by atoms with Crippen LogP contribution in [-0.2, 0) is 16.1 Å². The van der Waals surface area contributed by atoms with Gasteiger partial charge < -0.3 is 10.2 Å². The van der Waals surface area contributed by atoms with E-state index in [1.807, 2.05) is 4.90 Å². The maximum Gasteiger partial charge on any atom is 0.312 e. The van der Waals surface area contributed by atoms with Crippen LogP contribution in [0.5, 0.6) is 0 Å². The molecule has 0 bridgehead atoms. The molecule has 1 aliphatic carbocycles. The molecule has 5 nitrogen and oxygen atoms in total. The predicted molar refractivity (Wildman–Crippen MR) is 75.9 cm³/mol. The zero-order chi connectivity index (χ0) is 16.3. The highest BCUT2D eigenvalue weighted by Crippen LogP contribution is 2.68. The topological polar surface area (TPSA) is 77.8 Å². The summed E-state index contributed by atoms with van der Waals surface area (Å²) in [7, 11) is 0. The lowest BCUT2D eigenvalue weighted by atomic mass is 9.97. The van der Waals surface area contributed by atoms with Gasteiger partial charge in [0.25, 0.3) is 0 Å². The maximum atomic E-state index is 13.7. The number of fused-ring (bicyclic) bond motifs is 1. The van der Waals surface area contributed by atoms with E-state index in [-0.39, 0.29) is 25.3 Å².